The van der Waals surface area contributed by atoms with Gasteiger partial charge in [-0.05, 0) is 43.5 Å². The monoisotopic (exact) mass is 326 g/mol. The number of anilines is 2. The summed E-state index contributed by atoms with van der Waals surface area (Å²) in [7, 11) is 0. The number of thiol groups is 1. The summed E-state index contributed by atoms with van der Waals surface area (Å²) in [6.45, 7) is 2.04. The predicted octanol–water partition coefficient (Wildman–Crippen LogP) is 4.04. The Labute approximate surface area is 138 Å². The number of benzene rings is 1. The molecule has 1 N–H and O–H groups in total. The van der Waals surface area contributed by atoms with E-state index in [2.05, 4.69) is 27.9 Å². The van der Waals surface area contributed by atoms with Gasteiger partial charge in [0.25, 0.3) is 0 Å². The first kappa shape index (κ1) is 13.7. The summed E-state index contributed by atoms with van der Waals surface area (Å²) in [4.78, 5) is 15.8. The number of fused-ring (bicyclic) bond motifs is 3. The lowest BCUT2D eigenvalue weighted by Crippen LogP contribution is -2.07. The molecule has 2 heterocycles. The standard InChI is InChI=1S/C16H14N4S2/c1-9-18-13-6-5-10-8-17-16(20-14(10)15(13)22-9)19-11-3-2-4-12(21)7-11/h2-4,7-8,21H,5-6H2,1H3,(H,17,19,20). The van der Waals surface area contributed by atoms with Crippen LogP contribution in [0.5, 0.6) is 0 Å². The van der Waals surface area contributed by atoms with Gasteiger partial charge in [-0.1, -0.05) is 6.07 Å². The summed E-state index contributed by atoms with van der Waals surface area (Å²) in [5, 5.41) is 4.34. The van der Waals surface area contributed by atoms with Crippen molar-refractivity contribution in [3.8, 4) is 10.6 Å². The third-order valence-corrected chi connectivity index (χ3v) is 4.92. The molecule has 0 amide bonds. The largest absolute Gasteiger partial charge is 0.324 e. The van der Waals surface area contributed by atoms with Crippen molar-refractivity contribution < 1.29 is 0 Å². The number of nitrogens with one attached hydrogen (secondary N) is 1. The minimum Gasteiger partial charge on any atom is -0.324 e. The van der Waals surface area contributed by atoms with Crippen molar-refractivity contribution >= 4 is 35.6 Å². The first-order chi connectivity index (χ1) is 10.7. The molecule has 110 valence electrons. The van der Waals surface area contributed by atoms with E-state index >= 15 is 0 Å². The molecule has 0 spiro atoms. The van der Waals surface area contributed by atoms with Gasteiger partial charge in [-0.15, -0.1) is 24.0 Å². The molecular weight excluding hydrogens is 312 g/mol. The Morgan fingerprint density at radius 1 is 1.23 bits per heavy atom. The van der Waals surface area contributed by atoms with Crippen molar-refractivity contribution in [2.45, 2.75) is 24.7 Å². The minimum atomic E-state index is 0.608. The van der Waals surface area contributed by atoms with Crippen LogP contribution in [-0.2, 0) is 12.8 Å². The van der Waals surface area contributed by atoms with Crippen LogP contribution in [0.3, 0.4) is 0 Å². The number of aromatic nitrogens is 3. The van der Waals surface area contributed by atoms with Crippen molar-refractivity contribution in [1.29, 1.82) is 0 Å². The van der Waals surface area contributed by atoms with Crippen molar-refractivity contribution in [3.63, 3.8) is 0 Å². The van der Waals surface area contributed by atoms with Crippen LogP contribution in [0.25, 0.3) is 10.6 Å². The average Bonchev–Trinajstić information content (AvgIpc) is 2.88. The summed E-state index contributed by atoms with van der Waals surface area (Å²) in [5.41, 5.74) is 4.32. The lowest BCUT2D eigenvalue weighted by molar-refractivity contribution is 0.884. The second-order valence-corrected chi connectivity index (χ2v) is 6.97. The molecule has 3 aromatic rings. The quantitative estimate of drug-likeness (QED) is 0.698. The third-order valence-electron chi connectivity index (χ3n) is 3.62. The smallest absolute Gasteiger partial charge is 0.227 e. The number of nitrogens with zero attached hydrogens (tertiary/aromatic N) is 3. The van der Waals surface area contributed by atoms with Crippen molar-refractivity contribution in [1.82, 2.24) is 15.0 Å². The van der Waals surface area contributed by atoms with Gasteiger partial charge in [-0.2, -0.15) is 0 Å². The number of thiazole rings is 1. The number of hydrogen-bond acceptors (Lipinski definition) is 6. The zero-order chi connectivity index (χ0) is 15.1. The molecule has 0 fully saturated rings. The molecule has 0 unspecified atom stereocenters. The van der Waals surface area contributed by atoms with Gasteiger partial charge < -0.3 is 5.32 Å². The van der Waals surface area contributed by atoms with E-state index in [0.29, 0.717) is 5.95 Å². The predicted molar refractivity (Wildman–Crippen MR) is 92.3 cm³/mol. The van der Waals surface area contributed by atoms with Gasteiger partial charge in [-0.25, -0.2) is 15.0 Å². The molecule has 4 nitrogen and oxygen atoms in total. The zero-order valence-electron chi connectivity index (χ0n) is 12.0. The maximum atomic E-state index is 4.72. The SMILES string of the molecule is Cc1nc2c(s1)-c1nc(Nc3cccc(S)c3)ncc1CC2. The minimum absolute atomic E-state index is 0.608. The van der Waals surface area contributed by atoms with E-state index in [0.717, 1.165) is 39.8 Å². The topological polar surface area (TPSA) is 50.7 Å². The van der Waals surface area contributed by atoms with E-state index in [1.807, 2.05) is 37.4 Å². The Bertz CT molecular complexity index is 857. The van der Waals surface area contributed by atoms with E-state index < -0.39 is 0 Å². The molecule has 1 aliphatic carbocycles. The van der Waals surface area contributed by atoms with Gasteiger partial charge in [0.15, 0.2) is 0 Å². The molecule has 0 radical (unpaired) electrons. The van der Waals surface area contributed by atoms with Crippen LogP contribution in [0.1, 0.15) is 16.3 Å². The van der Waals surface area contributed by atoms with E-state index in [1.54, 1.807) is 11.3 Å². The summed E-state index contributed by atoms with van der Waals surface area (Å²) in [6, 6.07) is 7.82. The zero-order valence-corrected chi connectivity index (χ0v) is 13.7. The average molecular weight is 326 g/mol. The molecule has 1 aromatic carbocycles. The summed E-state index contributed by atoms with van der Waals surface area (Å²) < 4.78 is 0. The first-order valence-corrected chi connectivity index (χ1v) is 8.34. The van der Waals surface area contributed by atoms with Gasteiger partial charge in [0.05, 0.1) is 21.3 Å². The van der Waals surface area contributed by atoms with Gasteiger partial charge in [-0.3, -0.25) is 0 Å². The molecule has 22 heavy (non-hydrogen) atoms. The van der Waals surface area contributed by atoms with Gasteiger partial charge in [0.1, 0.15) is 0 Å². The van der Waals surface area contributed by atoms with Gasteiger partial charge in [0.2, 0.25) is 5.95 Å². The van der Waals surface area contributed by atoms with E-state index in [1.165, 1.54) is 10.4 Å². The van der Waals surface area contributed by atoms with E-state index in [9.17, 15) is 0 Å². The van der Waals surface area contributed by atoms with Crippen molar-refractivity contribution in [2.24, 2.45) is 0 Å². The Kier molecular flexibility index (Phi) is 3.35. The first-order valence-electron chi connectivity index (χ1n) is 7.08. The number of aryl methyl sites for hydroxylation is 3. The Hall–Kier alpha value is -1.92. The van der Waals surface area contributed by atoms with Gasteiger partial charge >= 0.3 is 0 Å². The van der Waals surface area contributed by atoms with E-state index in [4.69, 9.17) is 4.98 Å². The van der Waals surface area contributed by atoms with Gasteiger partial charge in [0, 0.05) is 16.8 Å². The second kappa shape index (κ2) is 5.37. The van der Waals surface area contributed by atoms with Crippen LogP contribution in [-0.4, -0.2) is 15.0 Å². The van der Waals surface area contributed by atoms with Crippen molar-refractivity contribution in [3.05, 3.63) is 46.7 Å². The lowest BCUT2D eigenvalue weighted by Gasteiger charge is -2.15. The molecule has 0 aliphatic heterocycles. The fraction of sp³-hybridized carbons (Fsp3) is 0.188. The summed E-state index contributed by atoms with van der Waals surface area (Å²) in [6.07, 6.45) is 3.86. The van der Waals surface area contributed by atoms with Crippen LogP contribution < -0.4 is 5.32 Å². The van der Waals surface area contributed by atoms with Crippen LogP contribution in [0, 0.1) is 6.92 Å². The molecule has 0 atom stereocenters. The molecule has 1 aliphatic rings. The highest BCUT2D eigenvalue weighted by Crippen LogP contribution is 2.36. The molecule has 4 rings (SSSR count). The molecule has 6 heteroatoms. The fourth-order valence-electron chi connectivity index (χ4n) is 2.64. The maximum absolute atomic E-state index is 4.72. The molecule has 0 saturated carbocycles. The molecular formula is C16H14N4S2. The second-order valence-electron chi connectivity index (χ2n) is 5.25. The van der Waals surface area contributed by atoms with E-state index in [-0.39, 0.29) is 0 Å². The Balaban J connectivity index is 1.72. The fourth-order valence-corrected chi connectivity index (χ4v) is 3.85. The molecule has 0 saturated heterocycles. The highest BCUT2D eigenvalue weighted by Gasteiger charge is 2.22. The number of rotatable bonds is 2. The molecule has 2 aromatic heterocycles. The van der Waals surface area contributed by atoms with Crippen LogP contribution in [0.4, 0.5) is 11.6 Å². The summed E-state index contributed by atoms with van der Waals surface area (Å²) in [5.74, 6) is 0.608. The Morgan fingerprint density at radius 3 is 3.00 bits per heavy atom. The van der Waals surface area contributed by atoms with Crippen LogP contribution >= 0.6 is 24.0 Å². The lowest BCUT2D eigenvalue weighted by atomic mass is 10.00. The van der Waals surface area contributed by atoms with Crippen molar-refractivity contribution in [2.75, 3.05) is 5.32 Å². The third kappa shape index (κ3) is 2.48. The number of hydrogen-bond donors (Lipinski definition) is 2. The highest BCUT2D eigenvalue weighted by atomic mass is 32.1. The summed E-state index contributed by atoms with van der Waals surface area (Å²) >= 11 is 6.06. The molecule has 0 bridgehead atoms. The van der Waals surface area contributed by atoms with Crippen LogP contribution in [0.2, 0.25) is 0 Å². The normalized spacial score (nSPS) is 12.6. The maximum Gasteiger partial charge on any atom is 0.227 e. The Morgan fingerprint density at radius 2 is 2.14 bits per heavy atom. The highest BCUT2D eigenvalue weighted by molar-refractivity contribution is 7.80. The van der Waals surface area contributed by atoms with Crippen LogP contribution in [0.15, 0.2) is 35.4 Å².